The molecular formula is C23H19F3N6O2. The highest BCUT2D eigenvalue weighted by Crippen LogP contribution is 2.36. The molecule has 5 rings (SSSR count). The quantitative estimate of drug-likeness (QED) is 0.489. The minimum atomic E-state index is -4.54. The highest BCUT2D eigenvalue weighted by molar-refractivity contribution is 6.06. The number of hydrogen-bond acceptors (Lipinski definition) is 6. The molecule has 0 bridgehead atoms. The number of aromatic nitrogens is 4. The van der Waals surface area contributed by atoms with Crippen molar-refractivity contribution in [3.05, 3.63) is 72.3 Å². The second kappa shape index (κ2) is 8.75. The average molecular weight is 468 g/mol. The number of amides is 1. The lowest BCUT2D eigenvalue weighted by Gasteiger charge is -2.27. The van der Waals surface area contributed by atoms with Gasteiger partial charge >= 0.3 is 6.18 Å². The molecule has 1 amide bonds. The molecule has 8 nitrogen and oxygen atoms in total. The predicted octanol–water partition coefficient (Wildman–Crippen LogP) is 3.90. The molecule has 0 atom stereocenters. The maximum atomic E-state index is 13.5. The van der Waals surface area contributed by atoms with E-state index in [1.165, 1.54) is 41.2 Å². The topological polar surface area (TPSA) is 84.7 Å². The Bertz CT molecular complexity index is 1350. The van der Waals surface area contributed by atoms with Crippen molar-refractivity contribution >= 4 is 23.2 Å². The van der Waals surface area contributed by atoms with Gasteiger partial charge in [0.05, 0.1) is 24.5 Å². The molecule has 1 N–H and O–H groups in total. The summed E-state index contributed by atoms with van der Waals surface area (Å²) in [5.41, 5.74) is -0.685. The largest absolute Gasteiger partial charge is 0.417 e. The van der Waals surface area contributed by atoms with Gasteiger partial charge in [0.15, 0.2) is 11.3 Å². The van der Waals surface area contributed by atoms with Gasteiger partial charge in [0, 0.05) is 24.8 Å². The number of rotatable bonds is 4. The first-order chi connectivity index (χ1) is 16.4. The van der Waals surface area contributed by atoms with Crippen molar-refractivity contribution in [2.24, 2.45) is 0 Å². The number of imidazole rings is 1. The molecule has 1 fully saturated rings. The molecule has 0 unspecified atom stereocenters. The van der Waals surface area contributed by atoms with E-state index >= 15 is 0 Å². The maximum Gasteiger partial charge on any atom is 0.417 e. The summed E-state index contributed by atoms with van der Waals surface area (Å²) in [6.45, 7) is 2.60. The third-order valence-corrected chi connectivity index (χ3v) is 5.42. The lowest BCUT2D eigenvalue weighted by molar-refractivity contribution is -0.137. The number of benzene rings is 1. The Balaban J connectivity index is 1.45. The van der Waals surface area contributed by atoms with Crippen LogP contribution in [0.2, 0.25) is 0 Å². The summed E-state index contributed by atoms with van der Waals surface area (Å²) in [6.07, 6.45) is -1.64. The number of nitrogens with zero attached hydrogens (tertiary/aromatic N) is 5. The Labute approximate surface area is 192 Å². The first-order valence-electron chi connectivity index (χ1n) is 10.5. The third-order valence-electron chi connectivity index (χ3n) is 5.42. The van der Waals surface area contributed by atoms with Crippen LogP contribution in [0, 0.1) is 0 Å². The van der Waals surface area contributed by atoms with E-state index in [0.29, 0.717) is 37.9 Å². The summed E-state index contributed by atoms with van der Waals surface area (Å²) in [6, 6.07) is 11.9. The van der Waals surface area contributed by atoms with Crippen LogP contribution in [0.15, 0.2) is 61.1 Å². The van der Waals surface area contributed by atoms with Crippen molar-refractivity contribution in [1.29, 1.82) is 0 Å². The van der Waals surface area contributed by atoms with E-state index in [9.17, 15) is 18.0 Å². The molecule has 1 aromatic carbocycles. The molecular weight excluding hydrogens is 449 g/mol. The molecule has 3 aromatic heterocycles. The minimum absolute atomic E-state index is 0.0232. The minimum Gasteiger partial charge on any atom is -0.378 e. The number of hydrogen-bond donors (Lipinski definition) is 1. The first kappa shape index (κ1) is 21.8. The molecule has 0 aliphatic carbocycles. The molecule has 1 saturated heterocycles. The van der Waals surface area contributed by atoms with E-state index in [2.05, 4.69) is 25.2 Å². The number of ether oxygens (including phenoxy) is 1. The van der Waals surface area contributed by atoms with E-state index in [4.69, 9.17) is 4.74 Å². The number of carbonyl (C=O) groups is 1. The highest BCUT2D eigenvalue weighted by atomic mass is 19.4. The summed E-state index contributed by atoms with van der Waals surface area (Å²) < 4.78 is 47.3. The van der Waals surface area contributed by atoms with Gasteiger partial charge in [-0.15, -0.1) is 0 Å². The van der Waals surface area contributed by atoms with Crippen molar-refractivity contribution in [2.45, 2.75) is 6.18 Å². The van der Waals surface area contributed by atoms with E-state index in [1.54, 1.807) is 12.1 Å². The van der Waals surface area contributed by atoms with Crippen LogP contribution in [-0.4, -0.2) is 51.6 Å². The smallest absolute Gasteiger partial charge is 0.378 e. The molecule has 34 heavy (non-hydrogen) atoms. The molecule has 174 valence electrons. The lowest BCUT2D eigenvalue weighted by Crippen LogP contribution is -2.36. The van der Waals surface area contributed by atoms with Gasteiger partial charge < -0.3 is 15.0 Å². The van der Waals surface area contributed by atoms with Gasteiger partial charge in [0.25, 0.3) is 5.91 Å². The predicted molar refractivity (Wildman–Crippen MR) is 119 cm³/mol. The molecule has 4 heterocycles. The fourth-order valence-electron chi connectivity index (χ4n) is 3.78. The summed E-state index contributed by atoms with van der Waals surface area (Å²) in [5.74, 6) is 0.469. The van der Waals surface area contributed by atoms with Crippen molar-refractivity contribution < 1.29 is 22.7 Å². The number of morpholine rings is 1. The zero-order valence-electron chi connectivity index (χ0n) is 17.8. The van der Waals surface area contributed by atoms with Crippen LogP contribution in [0.5, 0.6) is 0 Å². The second-order valence-corrected chi connectivity index (χ2v) is 7.61. The van der Waals surface area contributed by atoms with Crippen LogP contribution >= 0.6 is 0 Å². The first-order valence-corrected chi connectivity index (χ1v) is 10.5. The van der Waals surface area contributed by atoms with E-state index in [-0.39, 0.29) is 22.6 Å². The van der Waals surface area contributed by atoms with Crippen molar-refractivity contribution in [1.82, 2.24) is 19.4 Å². The number of halogens is 3. The number of carbonyl (C=O) groups excluding carboxylic acids is 1. The fraction of sp³-hybridized carbons (Fsp3) is 0.217. The molecule has 0 saturated carbocycles. The van der Waals surface area contributed by atoms with Crippen LogP contribution in [0.3, 0.4) is 0 Å². The number of fused-ring (bicyclic) bond motifs is 1. The molecule has 1 aliphatic rings. The monoisotopic (exact) mass is 468 g/mol. The van der Waals surface area contributed by atoms with Crippen LogP contribution < -0.4 is 10.2 Å². The summed E-state index contributed by atoms with van der Waals surface area (Å²) >= 11 is 0. The molecule has 0 spiro atoms. The van der Waals surface area contributed by atoms with Gasteiger partial charge in [-0.2, -0.15) is 13.2 Å². The molecule has 0 radical (unpaired) electrons. The van der Waals surface area contributed by atoms with E-state index in [1.807, 2.05) is 6.07 Å². The zero-order valence-corrected chi connectivity index (χ0v) is 17.8. The molecule has 4 aromatic rings. The van der Waals surface area contributed by atoms with Crippen molar-refractivity contribution in [3.63, 3.8) is 0 Å². The number of anilines is 2. The zero-order chi connectivity index (χ0) is 23.7. The lowest BCUT2D eigenvalue weighted by atomic mass is 10.0. The average Bonchev–Trinajstić information content (AvgIpc) is 3.28. The van der Waals surface area contributed by atoms with Gasteiger partial charge in [-0.05, 0) is 24.3 Å². The van der Waals surface area contributed by atoms with Crippen LogP contribution in [0.25, 0.3) is 16.9 Å². The van der Waals surface area contributed by atoms with Gasteiger partial charge in [-0.1, -0.05) is 24.3 Å². The standard InChI is InChI=1S/C23H19F3N6O2/c24-23(25,26)16-5-2-1-4-15(16)17-8-9-32-14-27-20(21(32)28-17)22(33)30-18-6-3-7-19(29-18)31-10-12-34-13-11-31/h1-9,14H,10-13H2,(H,29,30,33). The van der Waals surface area contributed by atoms with E-state index < -0.39 is 17.6 Å². The SMILES string of the molecule is O=C(Nc1cccc(N2CCOCC2)n1)c1ncn2ccc(-c3ccccc3C(F)(F)F)nc12. The number of pyridine rings is 1. The number of alkyl halides is 3. The van der Waals surface area contributed by atoms with Crippen molar-refractivity contribution in [3.8, 4) is 11.3 Å². The maximum absolute atomic E-state index is 13.5. The Morgan fingerprint density at radius 1 is 1.00 bits per heavy atom. The van der Waals surface area contributed by atoms with Gasteiger partial charge in [-0.25, -0.2) is 15.0 Å². The summed E-state index contributed by atoms with van der Waals surface area (Å²) in [4.78, 5) is 28.0. The van der Waals surface area contributed by atoms with Gasteiger partial charge in [0.2, 0.25) is 0 Å². The van der Waals surface area contributed by atoms with Crippen molar-refractivity contribution in [2.75, 3.05) is 36.5 Å². The normalized spacial score (nSPS) is 14.4. The Hall–Kier alpha value is -3.99. The van der Waals surface area contributed by atoms with Crippen LogP contribution in [-0.2, 0) is 10.9 Å². The Morgan fingerprint density at radius 2 is 1.79 bits per heavy atom. The highest BCUT2D eigenvalue weighted by Gasteiger charge is 2.33. The number of nitrogens with one attached hydrogen (secondary N) is 1. The summed E-state index contributed by atoms with van der Waals surface area (Å²) in [7, 11) is 0. The van der Waals surface area contributed by atoms with Gasteiger partial charge in [-0.3, -0.25) is 9.20 Å². The Kier molecular flexibility index (Phi) is 5.62. The Morgan fingerprint density at radius 3 is 2.59 bits per heavy atom. The molecule has 11 heteroatoms. The summed E-state index contributed by atoms with van der Waals surface area (Å²) in [5, 5.41) is 2.71. The van der Waals surface area contributed by atoms with Gasteiger partial charge in [0.1, 0.15) is 18.0 Å². The van der Waals surface area contributed by atoms with Crippen LogP contribution in [0.4, 0.5) is 24.8 Å². The van der Waals surface area contributed by atoms with Crippen LogP contribution in [0.1, 0.15) is 16.1 Å². The van der Waals surface area contributed by atoms with E-state index in [0.717, 1.165) is 6.07 Å². The third kappa shape index (κ3) is 4.29. The fourth-order valence-corrected chi connectivity index (χ4v) is 3.78. The molecule has 1 aliphatic heterocycles. The second-order valence-electron chi connectivity index (χ2n) is 7.61.